The van der Waals surface area contributed by atoms with Gasteiger partial charge in [-0.2, -0.15) is 11.8 Å². The van der Waals surface area contributed by atoms with E-state index in [1.807, 2.05) is 0 Å². The zero-order valence-corrected chi connectivity index (χ0v) is 18.0. The molecule has 0 aromatic heterocycles. The van der Waals surface area contributed by atoms with Gasteiger partial charge in [0.1, 0.15) is 12.1 Å². The highest BCUT2D eigenvalue weighted by molar-refractivity contribution is 7.99. The molecule has 0 saturated carbocycles. The number of rotatable bonds is 10. The van der Waals surface area contributed by atoms with Gasteiger partial charge in [-0.3, -0.25) is 9.59 Å². The monoisotopic (exact) mass is 444 g/mol. The second kappa shape index (κ2) is 12.4. The van der Waals surface area contributed by atoms with E-state index in [1.165, 1.54) is 26.0 Å². The quantitative estimate of drug-likeness (QED) is 0.536. The van der Waals surface area contributed by atoms with Crippen molar-refractivity contribution in [2.24, 2.45) is 0 Å². The fourth-order valence-corrected chi connectivity index (χ4v) is 3.63. The predicted octanol–water partition coefficient (Wildman–Crippen LogP) is 1.66. The van der Waals surface area contributed by atoms with Gasteiger partial charge < -0.3 is 20.1 Å². The van der Waals surface area contributed by atoms with Gasteiger partial charge >= 0.3 is 11.9 Å². The van der Waals surface area contributed by atoms with Crippen LogP contribution in [0.4, 0.5) is 0 Å². The normalized spacial score (nSPS) is 12.2. The molecule has 0 fully saturated rings. The molecule has 0 bridgehead atoms. The standard InChI is InChI=1S/C22H24N2O6S/c1-29-21(27)17(23-19(25)15-9-5-3-6-10-15)13-31-14-18(22(28)30-2)24-20(26)16-11-7-4-8-12-16/h3-12,17-18H,13-14H2,1-2H3,(H,23,25)(H,24,26)/t17-,18-/m1/s1. The van der Waals surface area contributed by atoms with Crippen molar-refractivity contribution in [1.29, 1.82) is 0 Å². The predicted molar refractivity (Wildman–Crippen MR) is 117 cm³/mol. The lowest BCUT2D eigenvalue weighted by Crippen LogP contribution is -2.45. The van der Waals surface area contributed by atoms with E-state index in [4.69, 9.17) is 9.47 Å². The topological polar surface area (TPSA) is 111 Å². The van der Waals surface area contributed by atoms with Gasteiger partial charge in [-0.05, 0) is 24.3 Å². The van der Waals surface area contributed by atoms with Crippen molar-refractivity contribution >= 4 is 35.5 Å². The molecule has 2 atom stereocenters. The molecule has 164 valence electrons. The van der Waals surface area contributed by atoms with E-state index >= 15 is 0 Å². The van der Waals surface area contributed by atoms with Gasteiger partial charge in [0, 0.05) is 22.6 Å². The van der Waals surface area contributed by atoms with Gasteiger partial charge in [0.25, 0.3) is 11.8 Å². The highest BCUT2D eigenvalue weighted by atomic mass is 32.2. The number of methoxy groups -OCH3 is 2. The van der Waals surface area contributed by atoms with E-state index in [0.29, 0.717) is 11.1 Å². The number of thioether (sulfide) groups is 1. The van der Waals surface area contributed by atoms with Crippen molar-refractivity contribution in [2.75, 3.05) is 25.7 Å². The van der Waals surface area contributed by atoms with E-state index in [9.17, 15) is 19.2 Å². The lowest BCUT2D eigenvalue weighted by molar-refractivity contribution is -0.142. The Morgan fingerprint density at radius 3 is 1.39 bits per heavy atom. The number of benzene rings is 2. The summed E-state index contributed by atoms with van der Waals surface area (Å²) in [7, 11) is 2.46. The van der Waals surface area contributed by atoms with Gasteiger partial charge in [0.2, 0.25) is 0 Å². The SMILES string of the molecule is COC(=O)[C@@H](CSC[C@@H](NC(=O)c1ccccc1)C(=O)OC)NC(=O)c1ccccc1. The first-order chi connectivity index (χ1) is 15.0. The maximum Gasteiger partial charge on any atom is 0.329 e. The number of hydrogen-bond acceptors (Lipinski definition) is 7. The molecule has 2 rings (SSSR count). The summed E-state index contributed by atoms with van der Waals surface area (Å²) in [5.41, 5.74) is 0.813. The molecule has 8 nitrogen and oxygen atoms in total. The Bertz CT molecular complexity index is 818. The molecular formula is C22H24N2O6S. The van der Waals surface area contributed by atoms with Crippen LogP contribution < -0.4 is 10.6 Å². The highest BCUT2D eigenvalue weighted by Crippen LogP contribution is 2.10. The van der Waals surface area contributed by atoms with Crippen LogP contribution in [0.15, 0.2) is 60.7 Å². The van der Waals surface area contributed by atoms with Gasteiger partial charge in [0.05, 0.1) is 14.2 Å². The number of nitrogens with one attached hydrogen (secondary N) is 2. The third-order valence-electron chi connectivity index (χ3n) is 4.22. The van der Waals surface area contributed by atoms with E-state index in [1.54, 1.807) is 60.7 Å². The largest absolute Gasteiger partial charge is 0.467 e. The number of esters is 2. The van der Waals surface area contributed by atoms with Crippen LogP contribution in [0.25, 0.3) is 0 Å². The maximum atomic E-state index is 12.4. The Labute approximate surface area is 184 Å². The summed E-state index contributed by atoms with van der Waals surface area (Å²) >= 11 is 1.20. The number of amides is 2. The van der Waals surface area contributed by atoms with Crippen LogP contribution in [0.3, 0.4) is 0 Å². The molecule has 0 saturated heterocycles. The maximum absolute atomic E-state index is 12.4. The molecule has 0 radical (unpaired) electrons. The molecule has 2 aromatic rings. The van der Waals surface area contributed by atoms with Crippen LogP contribution in [0.2, 0.25) is 0 Å². The second-order valence-electron chi connectivity index (χ2n) is 6.37. The summed E-state index contributed by atoms with van der Waals surface area (Å²) < 4.78 is 9.54. The summed E-state index contributed by atoms with van der Waals surface area (Å²) in [6, 6.07) is 15.1. The van der Waals surface area contributed by atoms with E-state index in [2.05, 4.69) is 10.6 Å². The zero-order valence-electron chi connectivity index (χ0n) is 17.2. The van der Waals surface area contributed by atoms with Gasteiger partial charge in [0.15, 0.2) is 0 Å². The van der Waals surface area contributed by atoms with Crippen LogP contribution >= 0.6 is 11.8 Å². The zero-order chi connectivity index (χ0) is 22.6. The summed E-state index contributed by atoms with van der Waals surface area (Å²) in [6.45, 7) is 0. The first kappa shape index (κ1) is 23.9. The first-order valence-electron chi connectivity index (χ1n) is 9.41. The molecule has 2 amide bonds. The molecule has 0 aliphatic carbocycles. The number of hydrogen-bond donors (Lipinski definition) is 2. The van der Waals surface area contributed by atoms with E-state index in [0.717, 1.165) is 0 Å². The number of ether oxygens (including phenoxy) is 2. The average Bonchev–Trinajstić information content (AvgIpc) is 2.82. The van der Waals surface area contributed by atoms with Crippen molar-refractivity contribution in [3.63, 3.8) is 0 Å². The third kappa shape index (κ3) is 7.45. The van der Waals surface area contributed by atoms with Crippen molar-refractivity contribution in [3.8, 4) is 0 Å². The Kier molecular flexibility index (Phi) is 9.57. The number of carbonyl (C=O) groups is 4. The van der Waals surface area contributed by atoms with Gasteiger partial charge in [-0.15, -0.1) is 0 Å². The Hall–Kier alpha value is -3.33. The second-order valence-corrected chi connectivity index (χ2v) is 7.44. The fraction of sp³-hybridized carbons (Fsp3) is 0.273. The summed E-state index contributed by atoms with van der Waals surface area (Å²) in [6.07, 6.45) is 0. The molecular weight excluding hydrogens is 420 g/mol. The molecule has 2 N–H and O–H groups in total. The Morgan fingerprint density at radius 2 is 1.06 bits per heavy atom. The minimum absolute atomic E-state index is 0.139. The fourth-order valence-electron chi connectivity index (χ4n) is 2.59. The number of carbonyl (C=O) groups excluding carboxylic acids is 4. The highest BCUT2D eigenvalue weighted by Gasteiger charge is 2.26. The summed E-state index contributed by atoms with van der Waals surface area (Å²) in [5.74, 6) is -1.78. The van der Waals surface area contributed by atoms with E-state index < -0.39 is 35.8 Å². The lowest BCUT2D eigenvalue weighted by atomic mass is 10.2. The van der Waals surface area contributed by atoms with Crippen molar-refractivity contribution < 1.29 is 28.7 Å². The van der Waals surface area contributed by atoms with Gasteiger partial charge in [-0.25, -0.2) is 9.59 Å². The molecule has 0 spiro atoms. The molecule has 0 aliphatic rings. The minimum atomic E-state index is -0.925. The Morgan fingerprint density at radius 1 is 0.710 bits per heavy atom. The van der Waals surface area contributed by atoms with Crippen LogP contribution in [-0.2, 0) is 19.1 Å². The van der Waals surface area contributed by atoms with Crippen molar-refractivity contribution in [2.45, 2.75) is 12.1 Å². The minimum Gasteiger partial charge on any atom is -0.467 e. The van der Waals surface area contributed by atoms with Crippen LogP contribution in [0.1, 0.15) is 20.7 Å². The van der Waals surface area contributed by atoms with Crippen molar-refractivity contribution in [1.82, 2.24) is 10.6 Å². The van der Waals surface area contributed by atoms with Crippen LogP contribution in [-0.4, -0.2) is 61.6 Å². The first-order valence-corrected chi connectivity index (χ1v) is 10.6. The molecule has 0 heterocycles. The van der Waals surface area contributed by atoms with Crippen LogP contribution in [0.5, 0.6) is 0 Å². The van der Waals surface area contributed by atoms with Gasteiger partial charge in [-0.1, -0.05) is 36.4 Å². The average molecular weight is 445 g/mol. The van der Waals surface area contributed by atoms with E-state index in [-0.39, 0.29) is 11.5 Å². The molecule has 0 aliphatic heterocycles. The van der Waals surface area contributed by atoms with Crippen LogP contribution in [0, 0.1) is 0 Å². The van der Waals surface area contributed by atoms with Crippen molar-refractivity contribution in [3.05, 3.63) is 71.8 Å². The molecule has 9 heteroatoms. The molecule has 2 aromatic carbocycles. The smallest absolute Gasteiger partial charge is 0.329 e. The lowest BCUT2D eigenvalue weighted by Gasteiger charge is -2.19. The molecule has 31 heavy (non-hydrogen) atoms. The summed E-state index contributed by atoms with van der Waals surface area (Å²) in [5, 5.41) is 5.26. The Balaban J connectivity index is 1.98. The third-order valence-corrected chi connectivity index (χ3v) is 5.36. The summed E-state index contributed by atoms with van der Waals surface area (Å²) in [4.78, 5) is 48.9. The molecule has 0 unspecified atom stereocenters.